The van der Waals surface area contributed by atoms with Crippen molar-refractivity contribution in [1.29, 1.82) is 0 Å². The van der Waals surface area contributed by atoms with E-state index in [9.17, 15) is 0 Å². The van der Waals surface area contributed by atoms with Gasteiger partial charge in [0.1, 0.15) is 0 Å². The molecule has 0 aliphatic heterocycles. The van der Waals surface area contributed by atoms with Gasteiger partial charge in [-0.3, -0.25) is 0 Å². The molecule has 2 nitrogen and oxygen atoms in total. The van der Waals surface area contributed by atoms with Gasteiger partial charge in [0.05, 0.1) is 12.5 Å². The molecule has 100 valence electrons. The first kappa shape index (κ1) is 12.5. The van der Waals surface area contributed by atoms with Crippen molar-refractivity contribution in [2.24, 2.45) is 0 Å². The summed E-state index contributed by atoms with van der Waals surface area (Å²) in [7, 11) is 2.08. The quantitative estimate of drug-likeness (QED) is 0.884. The number of furan rings is 1. The van der Waals surface area contributed by atoms with E-state index in [2.05, 4.69) is 48.8 Å². The van der Waals surface area contributed by atoms with Crippen LogP contribution in [0.25, 0.3) is 0 Å². The first-order valence-electron chi connectivity index (χ1n) is 7.09. The summed E-state index contributed by atoms with van der Waals surface area (Å²) in [5.41, 5.74) is 3.05. The van der Waals surface area contributed by atoms with Crippen molar-refractivity contribution in [2.75, 3.05) is 7.05 Å². The van der Waals surface area contributed by atoms with Crippen LogP contribution in [0, 0.1) is 0 Å². The lowest BCUT2D eigenvalue weighted by Gasteiger charge is -2.48. The smallest absolute Gasteiger partial charge is 0.0935 e. The van der Waals surface area contributed by atoms with E-state index in [1.165, 1.54) is 30.4 Å². The number of hydrogen-bond donors (Lipinski definition) is 1. The summed E-state index contributed by atoms with van der Waals surface area (Å²) < 4.78 is 5.20. The van der Waals surface area contributed by atoms with Gasteiger partial charge in [0.25, 0.3) is 0 Å². The van der Waals surface area contributed by atoms with E-state index in [1.807, 2.05) is 6.26 Å². The minimum absolute atomic E-state index is 0.299. The van der Waals surface area contributed by atoms with Crippen molar-refractivity contribution in [1.82, 2.24) is 5.32 Å². The summed E-state index contributed by atoms with van der Waals surface area (Å²) in [6.45, 7) is 0. The summed E-state index contributed by atoms with van der Waals surface area (Å²) in [4.78, 5) is 0. The predicted octanol–water partition coefficient (Wildman–Crippen LogP) is 3.53. The van der Waals surface area contributed by atoms with Crippen LogP contribution >= 0.6 is 0 Å². The Balaban J connectivity index is 1.87. The highest BCUT2D eigenvalue weighted by molar-refractivity contribution is 5.31. The molecule has 19 heavy (non-hydrogen) atoms. The molecule has 1 fully saturated rings. The highest BCUT2D eigenvalue weighted by Crippen LogP contribution is 2.47. The number of rotatable bonds is 5. The van der Waals surface area contributed by atoms with E-state index >= 15 is 0 Å². The molecule has 0 bridgehead atoms. The maximum Gasteiger partial charge on any atom is 0.0935 e. The van der Waals surface area contributed by atoms with Crippen LogP contribution in [0.4, 0.5) is 0 Å². The molecule has 1 aliphatic rings. The second kappa shape index (κ2) is 5.22. The van der Waals surface area contributed by atoms with Crippen LogP contribution in [0.5, 0.6) is 0 Å². The minimum Gasteiger partial charge on any atom is -0.472 e. The predicted molar refractivity (Wildman–Crippen MR) is 77.2 cm³/mol. The Morgan fingerprint density at radius 3 is 2.53 bits per heavy atom. The topological polar surface area (TPSA) is 25.2 Å². The molecule has 1 atom stereocenters. The minimum atomic E-state index is 0.299. The normalized spacial score (nSPS) is 18.8. The van der Waals surface area contributed by atoms with E-state index in [0.717, 1.165) is 6.42 Å². The molecule has 3 rings (SSSR count). The lowest BCUT2D eigenvalue weighted by Crippen LogP contribution is -2.52. The summed E-state index contributed by atoms with van der Waals surface area (Å²) in [6, 6.07) is 13.5. The molecule has 1 aliphatic carbocycles. The Hall–Kier alpha value is -1.54. The standard InChI is InChI=1S/C17H21NO/c1-18-16(12-14-8-11-19-13-14)17(9-5-10-17)15-6-3-2-4-7-15/h2-4,6-8,11,13,16,18H,5,9-10,12H2,1H3. The molecule has 1 heterocycles. The van der Waals surface area contributed by atoms with Gasteiger partial charge in [-0.2, -0.15) is 0 Å². The van der Waals surface area contributed by atoms with E-state index in [4.69, 9.17) is 4.42 Å². The third-order valence-corrected chi connectivity index (χ3v) is 4.63. The number of likely N-dealkylation sites (N-methyl/N-ethyl adjacent to an activating group) is 1. The van der Waals surface area contributed by atoms with Gasteiger partial charge in [-0.1, -0.05) is 36.8 Å². The number of benzene rings is 1. The fourth-order valence-corrected chi connectivity index (χ4v) is 3.38. The average molecular weight is 255 g/mol. The first-order chi connectivity index (χ1) is 9.35. The van der Waals surface area contributed by atoms with E-state index < -0.39 is 0 Å². The Kier molecular flexibility index (Phi) is 3.43. The summed E-state index contributed by atoms with van der Waals surface area (Å²) in [5, 5.41) is 3.54. The Morgan fingerprint density at radius 2 is 2.00 bits per heavy atom. The maximum atomic E-state index is 5.20. The second-order valence-corrected chi connectivity index (χ2v) is 5.55. The molecule has 1 saturated carbocycles. The van der Waals surface area contributed by atoms with Crippen molar-refractivity contribution >= 4 is 0 Å². The summed E-state index contributed by atoms with van der Waals surface area (Å²) >= 11 is 0. The van der Waals surface area contributed by atoms with E-state index in [-0.39, 0.29) is 0 Å². The summed E-state index contributed by atoms with van der Waals surface area (Å²) in [5.74, 6) is 0. The van der Waals surface area contributed by atoms with Crippen molar-refractivity contribution < 1.29 is 4.42 Å². The van der Waals surface area contributed by atoms with Crippen LogP contribution in [-0.2, 0) is 11.8 Å². The SMILES string of the molecule is CNC(Cc1ccoc1)C1(c2ccccc2)CCC1. The molecule has 0 radical (unpaired) electrons. The van der Waals surface area contributed by atoms with Crippen molar-refractivity contribution in [3.05, 3.63) is 60.1 Å². The van der Waals surface area contributed by atoms with Gasteiger partial charge >= 0.3 is 0 Å². The van der Waals surface area contributed by atoms with E-state index in [1.54, 1.807) is 6.26 Å². The highest BCUT2D eigenvalue weighted by Gasteiger charge is 2.44. The molecule has 0 spiro atoms. The zero-order valence-electron chi connectivity index (χ0n) is 11.4. The van der Waals surface area contributed by atoms with Crippen LogP contribution < -0.4 is 5.32 Å². The maximum absolute atomic E-state index is 5.20. The molecule has 0 saturated heterocycles. The molecule has 1 aromatic heterocycles. The second-order valence-electron chi connectivity index (χ2n) is 5.55. The third kappa shape index (κ3) is 2.21. The fourth-order valence-electron chi connectivity index (χ4n) is 3.38. The van der Waals surface area contributed by atoms with Gasteiger partial charge < -0.3 is 9.73 Å². The average Bonchev–Trinajstić information content (AvgIpc) is 2.90. The molecule has 1 unspecified atom stereocenters. The Labute approximate surface area is 114 Å². The molecular formula is C17H21NO. The highest BCUT2D eigenvalue weighted by atomic mass is 16.3. The van der Waals surface area contributed by atoms with Crippen LogP contribution in [-0.4, -0.2) is 13.1 Å². The van der Waals surface area contributed by atoms with Gasteiger partial charge in [0.15, 0.2) is 0 Å². The molecule has 2 aromatic rings. The first-order valence-corrected chi connectivity index (χ1v) is 7.09. The van der Waals surface area contributed by atoms with E-state index in [0.29, 0.717) is 11.5 Å². The lowest BCUT2D eigenvalue weighted by atomic mass is 9.59. The zero-order valence-corrected chi connectivity index (χ0v) is 11.4. The van der Waals surface area contributed by atoms with Gasteiger partial charge in [-0.05, 0) is 43.5 Å². The molecule has 2 heteroatoms. The number of nitrogens with one attached hydrogen (secondary N) is 1. The number of hydrogen-bond acceptors (Lipinski definition) is 2. The molecule has 1 N–H and O–H groups in total. The fraction of sp³-hybridized carbons (Fsp3) is 0.412. The molecular weight excluding hydrogens is 234 g/mol. The molecule has 0 amide bonds. The third-order valence-electron chi connectivity index (χ3n) is 4.63. The van der Waals surface area contributed by atoms with Gasteiger partial charge in [0.2, 0.25) is 0 Å². The Bertz CT molecular complexity index is 499. The van der Waals surface area contributed by atoms with Gasteiger partial charge in [-0.15, -0.1) is 0 Å². The van der Waals surface area contributed by atoms with Crippen molar-refractivity contribution in [3.63, 3.8) is 0 Å². The van der Waals surface area contributed by atoms with Crippen molar-refractivity contribution in [2.45, 2.75) is 37.1 Å². The summed E-state index contributed by atoms with van der Waals surface area (Å²) in [6.07, 6.45) is 8.54. The van der Waals surface area contributed by atoms with Gasteiger partial charge in [-0.25, -0.2) is 0 Å². The van der Waals surface area contributed by atoms with Crippen molar-refractivity contribution in [3.8, 4) is 0 Å². The van der Waals surface area contributed by atoms with Gasteiger partial charge in [0, 0.05) is 11.5 Å². The van der Waals surface area contributed by atoms with Crippen LogP contribution in [0.1, 0.15) is 30.4 Å². The van der Waals surface area contributed by atoms with Crippen LogP contribution in [0.2, 0.25) is 0 Å². The Morgan fingerprint density at radius 1 is 1.21 bits per heavy atom. The van der Waals surface area contributed by atoms with Crippen LogP contribution in [0.15, 0.2) is 53.3 Å². The van der Waals surface area contributed by atoms with Crippen LogP contribution in [0.3, 0.4) is 0 Å². The monoisotopic (exact) mass is 255 g/mol. The lowest BCUT2D eigenvalue weighted by molar-refractivity contribution is 0.174. The molecule has 1 aromatic carbocycles. The largest absolute Gasteiger partial charge is 0.472 e. The zero-order chi connectivity index (χ0) is 13.1.